The summed E-state index contributed by atoms with van der Waals surface area (Å²) in [5, 5.41) is 10.9. The van der Waals surface area contributed by atoms with Crippen molar-refractivity contribution in [2.24, 2.45) is 0 Å². The van der Waals surface area contributed by atoms with E-state index in [0.29, 0.717) is 0 Å². The number of methoxy groups -OCH3 is 1. The topological polar surface area (TPSA) is 150 Å². The van der Waals surface area contributed by atoms with E-state index < -0.39 is 42.0 Å². The summed E-state index contributed by atoms with van der Waals surface area (Å²) in [5.41, 5.74) is 0.734. The zero-order valence-electron chi connectivity index (χ0n) is 18.9. The first-order valence-electron chi connectivity index (χ1n) is 10.2. The monoisotopic (exact) mass is 479 g/mol. The first-order valence-corrected chi connectivity index (χ1v) is 10.2. The fraction of sp³-hybridized carbons (Fsp3) is 0.409. The highest BCUT2D eigenvalue weighted by molar-refractivity contribution is 5.87. The first-order chi connectivity index (χ1) is 16.2. The van der Waals surface area contributed by atoms with Gasteiger partial charge in [-0.25, -0.2) is 9.59 Å². The summed E-state index contributed by atoms with van der Waals surface area (Å²) in [7, 11) is 1.59. The molecule has 0 aliphatic rings. The molecule has 0 amide bonds. The molecule has 1 unspecified atom stereocenters. The quantitative estimate of drug-likeness (QED) is 0.110. The van der Waals surface area contributed by atoms with Crippen LogP contribution < -0.4 is 4.74 Å². The van der Waals surface area contributed by atoms with Gasteiger partial charge in [0.1, 0.15) is 5.75 Å². The summed E-state index contributed by atoms with van der Waals surface area (Å²) in [6.07, 6.45) is -2.45. The molecular formula is C22H25NO11. The van der Waals surface area contributed by atoms with Crippen LogP contribution >= 0.6 is 0 Å². The van der Waals surface area contributed by atoms with Crippen molar-refractivity contribution < 1.29 is 48.0 Å². The number of hydrogen-bond acceptors (Lipinski definition) is 11. The third-order valence-corrected chi connectivity index (χ3v) is 4.53. The van der Waals surface area contributed by atoms with Gasteiger partial charge in [-0.3, -0.25) is 9.63 Å². The summed E-state index contributed by atoms with van der Waals surface area (Å²) < 4.78 is 24.2. The standard InChI is InChI=1S/C22H25NO11/c1-14(16-5-6-18-12-19(29-3)8-7-17(18)11-16)21(25)32-13-20(24)30-9-4-10-31-22(26)33-15(2)34-23(27)28/h5-8,11-12,14-15H,4,9-10,13H2,1-3H3/t14-,15?/m0/s1. The third kappa shape index (κ3) is 8.45. The summed E-state index contributed by atoms with van der Waals surface area (Å²) in [6, 6.07) is 11.1. The van der Waals surface area contributed by atoms with Crippen molar-refractivity contribution >= 4 is 28.9 Å². The molecule has 184 valence electrons. The van der Waals surface area contributed by atoms with E-state index in [4.69, 9.17) is 14.2 Å². The second-order valence-corrected chi connectivity index (χ2v) is 6.99. The van der Waals surface area contributed by atoms with Gasteiger partial charge in [0.2, 0.25) is 6.29 Å². The number of nitrogens with zero attached hydrogens (tertiary/aromatic N) is 1. The van der Waals surface area contributed by atoms with Crippen LogP contribution in [0.1, 0.15) is 31.7 Å². The molecule has 0 saturated heterocycles. The van der Waals surface area contributed by atoms with E-state index in [1.54, 1.807) is 20.1 Å². The number of rotatable bonds is 12. The molecule has 0 saturated carbocycles. The van der Waals surface area contributed by atoms with E-state index >= 15 is 0 Å². The van der Waals surface area contributed by atoms with Gasteiger partial charge < -0.3 is 23.7 Å². The highest BCUT2D eigenvalue weighted by Crippen LogP contribution is 2.25. The maximum Gasteiger partial charge on any atom is 0.510 e. The Morgan fingerprint density at radius 2 is 1.65 bits per heavy atom. The average molecular weight is 479 g/mol. The number of ether oxygens (including phenoxy) is 5. The minimum Gasteiger partial charge on any atom is -0.497 e. The minimum atomic E-state index is -1.42. The molecule has 2 atom stereocenters. The van der Waals surface area contributed by atoms with Gasteiger partial charge in [-0.1, -0.05) is 24.3 Å². The Labute approximate surface area is 194 Å². The minimum absolute atomic E-state index is 0.103. The van der Waals surface area contributed by atoms with Crippen molar-refractivity contribution in [3.63, 3.8) is 0 Å². The number of carbonyl (C=O) groups is 3. The van der Waals surface area contributed by atoms with Crippen molar-refractivity contribution in [2.45, 2.75) is 32.5 Å². The van der Waals surface area contributed by atoms with E-state index in [1.165, 1.54) is 0 Å². The molecule has 0 radical (unpaired) electrons. The normalized spacial score (nSPS) is 12.2. The Balaban J connectivity index is 1.67. The molecule has 0 fully saturated rings. The van der Waals surface area contributed by atoms with Crippen molar-refractivity contribution in [3.8, 4) is 5.75 Å². The van der Waals surface area contributed by atoms with Crippen LogP contribution in [-0.2, 0) is 33.4 Å². The Kier molecular flexibility index (Phi) is 9.87. The van der Waals surface area contributed by atoms with Crippen LogP contribution in [0.4, 0.5) is 4.79 Å². The Morgan fingerprint density at radius 3 is 2.35 bits per heavy atom. The Morgan fingerprint density at radius 1 is 0.971 bits per heavy atom. The summed E-state index contributed by atoms with van der Waals surface area (Å²) in [5.74, 6) is -1.21. The van der Waals surface area contributed by atoms with Crippen LogP contribution in [0, 0.1) is 10.1 Å². The van der Waals surface area contributed by atoms with Crippen LogP contribution in [-0.4, -0.2) is 56.4 Å². The van der Waals surface area contributed by atoms with Gasteiger partial charge in [0.15, 0.2) is 6.61 Å². The van der Waals surface area contributed by atoms with Crippen molar-refractivity contribution in [3.05, 3.63) is 52.1 Å². The van der Waals surface area contributed by atoms with Gasteiger partial charge in [0, 0.05) is 6.42 Å². The highest BCUT2D eigenvalue weighted by atomic mass is 17.0. The van der Waals surface area contributed by atoms with Gasteiger partial charge in [-0.15, -0.1) is 10.1 Å². The molecule has 0 aliphatic heterocycles. The van der Waals surface area contributed by atoms with Crippen molar-refractivity contribution in [1.29, 1.82) is 0 Å². The zero-order valence-corrected chi connectivity index (χ0v) is 18.9. The zero-order chi connectivity index (χ0) is 25.1. The maximum absolute atomic E-state index is 12.3. The van der Waals surface area contributed by atoms with Crippen LogP contribution in [0.2, 0.25) is 0 Å². The van der Waals surface area contributed by atoms with Gasteiger partial charge in [-0.2, -0.15) is 0 Å². The van der Waals surface area contributed by atoms with Gasteiger partial charge in [0.05, 0.1) is 26.2 Å². The molecule has 2 aromatic carbocycles. The summed E-state index contributed by atoms with van der Waals surface area (Å²) in [6.45, 7) is 1.99. The predicted molar refractivity (Wildman–Crippen MR) is 115 cm³/mol. The predicted octanol–water partition coefficient (Wildman–Crippen LogP) is 3.14. The second-order valence-electron chi connectivity index (χ2n) is 6.99. The maximum atomic E-state index is 12.3. The molecule has 0 aliphatic carbocycles. The van der Waals surface area contributed by atoms with Gasteiger partial charge in [0.25, 0.3) is 5.09 Å². The van der Waals surface area contributed by atoms with Crippen LogP contribution in [0.3, 0.4) is 0 Å². The molecule has 0 aromatic heterocycles. The molecule has 12 heteroatoms. The van der Waals surface area contributed by atoms with E-state index in [2.05, 4.69) is 14.3 Å². The lowest BCUT2D eigenvalue weighted by molar-refractivity contribution is -0.777. The lowest BCUT2D eigenvalue weighted by atomic mass is 9.98. The van der Waals surface area contributed by atoms with E-state index in [0.717, 1.165) is 29.0 Å². The SMILES string of the molecule is COc1ccc2cc([C@H](C)C(=O)OCC(=O)OCCCOC(=O)OC(C)O[N+](=O)[O-])ccc2c1. The summed E-state index contributed by atoms with van der Waals surface area (Å²) in [4.78, 5) is 49.4. The van der Waals surface area contributed by atoms with Crippen LogP contribution in [0.5, 0.6) is 5.75 Å². The highest BCUT2D eigenvalue weighted by Gasteiger charge is 2.19. The largest absolute Gasteiger partial charge is 0.510 e. The molecular weight excluding hydrogens is 454 g/mol. The smallest absolute Gasteiger partial charge is 0.497 e. The summed E-state index contributed by atoms with van der Waals surface area (Å²) >= 11 is 0. The lowest BCUT2D eigenvalue weighted by Gasteiger charge is -2.13. The molecule has 0 heterocycles. The molecule has 2 aromatic rings. The van der Waals surface area contributed by atoms with Gasteiger partial charge >= 0.3 is 18.1 Å². The lowest BCUT2D eigenvalue weighted by Crippen LogP contribution is -2.22. The molecule has 34 heavy (non-hydrogen) atoms. The number of hydrogen-bond donors (Lipinski definition) is 0. The molecule has 0 spiro atoms. The average Bonchev–Trinajstić information content (AvgIpc) is 2.80. The number of carbonyl (C=O) groups excluding carboxylic acids is 3. The van der Waals surface area contributed by atoms with E-state index in [-0.39, 0.29) is 19.6 Å². The molecule has 0 N–H and O–H groups in total. The molecule has 12 nitrogen and oxygen atoms in total. The number of fused-ring (bicyclic) bond motifs is 1. The van der Waals surface area contributed by atoms with Crippen molar-refractivity contribution in [1.82, 2.24) is 0 Å². The van der Waals surface area contributed by atoms with Crippen molar-refractivity contribution in [2.75, 3.05) is 26.9 Å². The first kappa shape index (κ1) is 26.2. The fourth-order valence-corrected chi connectivity index (χ4v) is 2.78. The number of esters is 2. The Hall–Kier alpha value is -4.09. The van der Waals surface area contributed by atoms with Gasteiger partial charge in [-0.05, 0) is 42.3 Å². The molecule has 0 bridgehead atoms. The second kappa shape index (κ2) is 12.8. The molecule has 2 rings (SSSR count). The van der Waals surface area contributed by atoms with E-state index in [1.807, 2.05) is 30.3 Å². The fourth-order valence-electron chi connectivity index (χ4n) is 2.78. The Bertz CT molecular complexity index is 1020. The van der Waals surface area contributed by atoms with Crippen LogP contribution in [0.15, 0.2) is 36.4 Å². The third-order valence-electron chi connectivity index (χ3n) is 4.53. The van der Waals surface area contributed by atoms with E-state index in [9.17, 15) is 24.5 Å². The van der Waals surface area contributed by atoms with Crippen LogP contribution in [0.25, 0.3) is 10.8 Å². The number of benzene rings is 2.